The fraction of sp³-hybridized carbons (Fsp3) is 0.417. The van der Waals surface area contributed by atoms with Gasteiger partial charge in [-0.15, -0.1) is 11.8 Å². The average Bonchev–Trinajstić information content (AvgIpc) is 2.19. The highest BCUT2D eigenvalue weighted by molar-refractivity contribution is 8.00. The molecule has 0 spiro atoms. The molecule has 0 aliphatic carbocycles. The number of anilines is 1. The number of halogens is 1. The second-order valence-electron chi connectivity index (χ2n) is 3.87. The van der Waals surface area contributed by atoms with Crippen molar-refractivity contribution in [2.24, 2.45) is 0 Å². The van der Waals surface area contributed by atoms with E-state index in [0.717, 1.165) is 11.3 Å². The zero-order valence-corrected chi connectivity index (χ0v) is 11.3. The molecule has 0 aliphatic rings. The SMILES string of the molecule is Cc1cc(Cl)ccc1NC(=O)CSC(C)C. The summed E-state index contributed by atoms with van der Waals surface area (Å²) in [5.74, 6) is 0.517. The van der Waals surface area contributed by atoms with E-state index in [4.69, 9.17) is 11.6 Å². The Morgan fingerprint density at radius 3 is 2.75 bits per heavy atom. The Balaban J connectivity index is 2.56. The molecule has 1 aromatic rings. The van der Waals surface area contributed by atoms with Crippen LogP contribution in [0.15, 0.2) is 18.2 Å². The number of hydrogen-bond donors (Lipinski definition) is 1. The predicted octanol–water partition coefficient (Wildman–Crippen LogP) is 3.73. The van der Waals surface area contributed by atoms with Gasteiger partial charge in [0.15, 0.2) is 0 Å². The van der Waals surface area contributed by atoms with Crippen LogP contribution >= 0.6 is 23.4 Å². The van der Waals surface area contributed by atoms with Gasteiger partial charge in [-0.1, -0.05) is 25.4 Å². The molecule has 1 N–H and O–H groups in total. The van der Waals surface area contributed by atoms with Crippen molar-refractivity contribution in [1.29, 1.82) is 0 Å². The largest absolute Gasteiger partial charge is 0.325 e. The maximum atomic E-state index is 11.6. The molecule has 1 aromatic carbocycles. The minimum absolute atomic E-state index is 0.0316. The second kappa shape index (κ2) is 6.16. The summed E-state index contributed by atoms with van der Waals surface area (Å²) in [4.78, 5) is 11.6. The van der Waals surface area contributed by atoms with Gasteiger partial charge in [-0.25, -0.2) is 0 Å². The minimum Gasteiger partial charge on any atom is -0.325 e. The molecule has 16 heavy (non-hydrogen) atoms. The fourth-order valence-electron chi connectivity index (χ4n) is 1.20. The van der Waals surface area contributed by atoms with Crippen molar-refractivity contribution in [1.82, 2.24) is 0 Å². The van der Waals surface area contributed by atoms with E-state index in [0.29, 0.717) is 16.0 Å². The van der Waals surface area contributed by atoms with Crippen molar-refractivity contribution in [3.63, 3.8) is 0 Å². The molecule has 0 heterocycles. The van der Waals surface area contributed by atoms with Crippen molar-refractivity contribution >= 4 is 35.0 Å². The summed E-state index contributed by atoms with van der Waals surface area (Å²) >= 11 is 7.47. The number of carbonyl (C=O) groups is 1. The fourth-order valence-corrected chi connectivity index (χ4v) is 1.98. The quantitative estimate of drug-likeness (QED) is 0.891. The van der Waals surface area contributed by atoms with E-state index >= 15 is 0 Å². The van der Waals surface area contributed by atoms with E-state index in [2.05, 4.69) is 19.2 Å². The first kappa shape index (κ1) is 13.4. The molecule has 0 aliphatic heterocycles. The third kappa shape index (κ3) is 4.45. The number of nitrogens with one attached hydrogen (secondary N) is 1. The van der Waals surface area contributed by atoms with Crippen LogP contribution in [-0.4, -0.2) is 16.9 Å². The molecule has 0 bridgehead atoms. The maximum absolute atomic E-state index is 11.6. The van der Waals surface area contributed by atoms with Crippen LogP contribution in [0.1, 0.15) is 19.4 Å². The molecule has 0 unspecified atom stereocenters. The summed E-state index contributed by atoms with van der Waals surface area (Å²) in [6.07, 6.45) is 0. The van der Waals surface area contributed by atoms with Gasteiger partial charge in [-0.3, -0.25) is 4.79 Å². The van der Waals surface area contributed by atoms with Crippen LogP contribution in [0.2, 0.25) is 5.02 Å². The minimum atomic E-state index is 0.0316. The molecule has 88 valence electrons. The number of thioether (sulfide) groups is 1. The van der Waals surface area contributed by atoms with Gasteiger partial charge < -0.3 is 5.32 Å². The molecule has 1 rings (SSSR count). The van der Waals surface area contributed by atoms with E-state index in [1.165, 1.54) is 0 Å². The first-order chi connectivity index (χ1) is 7.49. The number of carbonyl (C=O) groups excluding carboxylic acids is 1. The number of rotatable bonds is 4. The molecular formula is C12H16ClNOS. The molecule has 4 heteroatoms. The molecule has 0 aromatic heterocycles. The van der Waals surface area contributed by atoms with Crippen LogP contribution in [0.25, 0.3) is 0 Å². The highest BCUT2D eigenvalue weighted by atomic mass is 35.5. The van der Waals surface area contributed by atoms with E-state index in [1.807, 2.05) is 19.1 Å². The molecular weight excluding hydrogens is 242 g/mol. The van der Waals surface area contributed by atoms with Gasteiger partial charge in [0.05, 0.1) is 5.75 Å². The summed E-state index contributed by atoms with van der Waals surface area (Å²) < 4.78 is 0. The Hall–Kier alpha value is -0.670. The lowest BCUT2D eigenvalue weighted by Crippen LogP contribution is -2.15. The topological polar surface area (TPSA) is 29.1 Å². The van der Waals surface area contributed by atoms with Crippen LogP contribution in [0.5, 0.6) is 0 Å². The predicted molar refractivity (Wildman–Crippen MR) is 72.4 cm³/mol. The lowest BCUT2D eigenvalue weighted by molar-refractivity contribution is -0.113. The summed E-state index contributed by atoms with van der Waals surface area (Å²) in [7, 11) is 0. The van der Waals surface area contributed by atoms with Crippen LogP contribution < -0.4 is 5.32 Å². The van der Waals surface area contributed by atoms with Gasteiger partial charge in [0.2, 0.25) is 5.91 Å². The molecule has 0 radical (unpaired) electrons. The number of aryl methyl sites for hydroxylation is 1. The van der Waals surface area contributed by atoms with Gasteiger partial charge in [-0.05, 0) is 35.9 Å². The van der Waals surface area contributed by atoms with Gasteiger partial charge in [0, 0.05) is 10.7 Å². The van der Waals surface area contributed by atoms with Crippen LogP contribution in [0.3, 0.4) is 0 Å². The van der Waals surface area contributed by atoms with Crippen LogP contribution in [-0.2, 0) is 4.79 Å². The summed E-state index contributed by atoms with van der Waals surface area (Å²) in [6, 6.07) is 5.45. The molecule has 2 nitrogen and oxygen atoms in total. The highest BCUT2D eigenvalue weighted by Gasteiger charge is 2.06. The number of hydrogen-bond acceptors (Lipinski definition) is 2. The van der Waals surface area contributed by atoms with Crippen molar-refractivity contribution in [3.05, 3.63) is 28.8 Å². The van der Waals surface area contributed by atoms with Crippen molar-refractivity contribution in [2.45, 2.75) is 26.0 Å². The zero-order chi connectivity index (χ0) is 12.1. The zero-order valence-electron chi connectivity index (χ0n) is 9.71. The van der Waals surface area contributed by atoms with Gasteiger partial charge in [-0.2, -0.15) is 0 Å². The third-order valence-corrected chi connectivity index (χ3v) is 3.34. The lowest BCUT2D eigenvalue weighted by atomic mass is 10.2. The Kier molecular flexibility index (Phi) is 5.16. The normalized spacial score (nSPS) is 10.6. The Morgan fingerprint density at radius 2 is 2.19 bits per heavy atom. The van der Waals surface area contributed by atoms with Crippen LogP contribution in [0.4, 0.5) is 5.69 Å². The molecule has 0 saturated carbocycles. The van der Waals surface area contributed by atoms with Gasteiger partial charge in [0.25, 0.3) is 0 Å². The van der Waals surface area contributed by atoms with Crippen molar-refractivity contribution < 1.29 is 4.79 Å². The monoisotopic (exact) mass is 257 g/mol. The molecule has 1 amide bonds. The Morgan fingerprint density at radius 1 is 1.50 bits per heavy atom. The highest BCUT2D eigenvalue weighted by Crippen LogP contribution is 2.20. The van der Waals surface area contributed by atoms with Crippen LogP contribution in [0, 0.1) is 6.92 Å². The van der Waals surface area contributed by atoms with E-state index in [1.54, 1.807) is 17.8 Å². The maximum Gasteiger partial charge on any atom is 0.234 e. The molecule has 0 saturated heterocycles. The summed E-state index contributed by atoms with van der Waals surface area (Å²) in [5, 5.41) is 4.03. The van der Waals surface area contributed by atoms with Crippen molar-refractivity contribution in [3.8, 4) is 0 Å². The lowest BCUT2D eigenvalue weighted by Gasteiger charge is -2.09. The first-order valence-electron chi connectivity index (χ1n) is 5.16. The molecule has 0 fully saturated rings. The van der Waals surface area contributed by atoms with E-state index < -0.39 is 0 Å². The van der Waals surface area contributed by atoms with E-state index in [9.17, 15) is 4.79 Å². The number of benzene rings is 1. The smallest absolute Gasteiger partial charge is 0.234 e. The first-order valence-corrected chi connectivity index (χ1v) is 6.59. The van der Waals surface area contributed by atoms with Gasteiger partial charge in [0.1, 0.15) is 0 Å². The van der Waals surface area contributed by atoms with E-state index in [-0.39, 0.29) is 5.91 Å². The van der Waals surface area contributed by atoms with Crippen molar-refractivity contribution in [2.75, 3.05) is 11.1 Å². The molecule has 0 atom stereocenters. The standard InChI is InChI=1S/C12H16ClNOS/c1-8(2)16-7-12(15)14-11-5-4-10(13)6-9(11)3/h4-6,8H,7H2,1-3H3,(H,14,15). The Bertz CT molecular complexity index is 379. The van der Waals surface area contributed by atoms with Gasteiger partial charge >= 0.3 is 0 Å². The third-order valence-electron chi connectivity index (χ3n) is 2.01. The summed E-state index contributed by atoms with van der Waals surface area (Å²) in [6.45, 7) is 6.08. The Labute approximate surface area is 106 Å². The summed E-state index contributed by atoms with van der Waals surface area (Å²) in [5.41, 5.74) is 1.81. The average molecular weight is 258 g/mol. The number of amides is 1. The second-order valence-corrected chi connectivity index (χ2v) is 5.87.